The maximum Gasteiger partial charge on any atom is 0.289 e. The van der Waals surface area contributed by atoms with E-state index in [1.807, 2.05) is 0 Å². The second kappa shape index (κ2) is 5.53. The molecule has 0 radical (unpaired) electrons. The summed E-state index contributed by atoms with van der Waals surface area (Å²) in [4.78, 5) is 11.7. The SMILES string of the molecule is Cc1cc(CNC(=O)C2=COCCO2)ccc1F. The third kappa shape index (κ3) is 3.00. The zero-order valence-electron chi connectivity index (χ0n) is 10.0. The summed E-state index contributed by atoms with van der Waals surface area (Å²) in [7, 11) is 0. The topological polar surface area (TPSA) is 47.6 Å². The van der Waals surface area contributed by atoms with Crippen molar-refractivity contribution in [1.82, 2.24) is 5.32 Å². The van der Waals surface area contributed by atoms with Crippen molar-refractivity contribution in [1.29, 1.82) is 0 Å². The molecule has 18 heavy (non-hydrogen) atoms. The minimum absolute atomic E-state index is 0.167. The molecular weight excluding hydrogens is 237 g/mol. The Morgan fingerprint density at radius 3 is 2.94 bits per heavy atom. The third-order valence-corrected chi connectivity index (χ3v) is 2.55. The van der Waals surface area contributed by atoms with E-state index in [9.17, 15) is 9.18 Å². The molecule has 0 aliphatic carbocycles. The summed E-state index contributed by atoms with van der Waals surface area (Å²) in [5, 5.41) is 2.68. The fraction of sp³-hybridized carbons (Fsp3) is 0.308. The number of aryl methyl sites for hydroxylation is 1. The van der Waals surface area contributed by atoms with Crippen LogP contribution >= 0.6 is 0 Å². The van der Waals surface area contributed by atoms with Crippen LogP contribution in [0.4, 0.5) is 4.39 Å². The van der Waals surface area contributed by atoms with Crippen LogP contribution in [0.5, 0.6) is 0 Å². The Hall–Kier alpha value is -2.04. The van der Waals surface area contributed by atoms with Gasteiger partial charge in [-0.3, -0.25) is 4.79 Å². The fourth-order valence-electron chi connectivity index (χ4n) is 1.57. The molecule has 1 aliphatic heterocycles. The van der Waals surface area contributed by atoms with Gasteiger partial charge in [-0.2, -0.15) is 0 Å². The first-order valence-corrected chi connectivity index (χ1v) is 5.64. The van der Waals surface area contributed by atoms with Gasteiger partial charge in [-0.05, 0) is 24.1 Å². The van der Waals surface area contributed by atoms with E-state index in [0.29, 0.717) is 25.3 Å². The summed E-state index contributed by atoms with van der Waals surface area (Å²) in [6, 6.07) is 4.72. The molecule has 96 valence electrons. The molecule has 1 heterocycles. The van der Waals surface area contributed by atoms with Gasteiger partial charge in [0.1, 0.15) is 25.3 Å². The first-order valence-electron chi connectivity index (χ1n) is 5.64. The molecule has 1 aromatic carbocycles. The predicted molar refractivity (Wildman–Crippen MR) is 63.0 cm³/mol. The van der Waals surface area contributed by atoms with Crippen LogP contribution in [0.25, 0.3) is 0 Å². The lowest BCUT2D eigenvalue weighted by Gasteiger charge is -2.15. The molecule has 4 nitrogen and oxygen atoms in total. The van der Waals surface area contributed by atoms with Gasteiger partial charge in [0.15, 0.2) is 0 Å². The number of nitrogens with one attached hydrogen (secondary N) is 1. The van der Waals surface area contributed by atoms with Crippen LogP contribution in [0.15, 0.2) is 30.2 Å². The molecule has 1 aromatic rings. The molecule has 0 atom stereocenters. The number of hydrogen-bond acceptors (Lipinski definition) is 3. The second-order valence-electron chi connectivity index (χ2n) is 3.97. The Morgan fingerprint density at radius 2 is 2.28 bits per heavy atom. The number of amides is 1. The van der Waals surface area contributed by atoms with Crippen molar-refractivity contribution in [2.24, 2.45) is 0 Å². The van der Waals surface area contributed by atoms with Crippen molar-refractivity contribution in [3.8, 4) is 0 Å². The Bertz CT molecular complexity index is 485. The Labute approximate surface area is 104 Å². The number of benzene rings is 1. The predicted octanol–water partition coefficient (Wildman–Crippen LogP) is 1.64. The molecule has 1 amide bonds. The Kier molecular flexibility index (Phi) is 3.82. The fourth-order valence-corrected chi connectivity index (χ4v) is 1.57. The van der Waals surface area contributed by atoms with Crippen molar-refractivity contribution >= 4 is 5.91 Å². The highest BCUT2D eigenvalue weighted by molar-refractivity contribution is 5.91. The molecule has 0 aromatic heterocycles. The van der Waals surface area contributed by atoms with Gasteiger partial charge in [0.2, 0.25) is 5.76 Å². The van der Waals surface area contributed by atoms with E-state index >= 15 is 0 Å². The van der Waals surface area contributed by atoms with E-state index in [2.05, 4.69) is 5.32 Å². The van der Waals surface area contributed by atoms with Crippen LogP contribution in [0.3, 0.4) is 0 Å². The highest BCUT2D eigenvalue weighted by atomic mass is 19.1. The number of hydrogen-bond donors (Lipinski definition) is 1. The summed E-state index contributed by atoms with van der Waals surface area (Å²) < 4.78 is 23.2. The number of carbonyl (C=O) groups is 1. The van der Waals surface area contributed by atoms with E-state index in [1.165, 1.54) is 12.3 Å². The molecule has 0 unspecified atom stereocenters. The summed E-state index contributed by atoms with van der Waals surface area (Å²) in [5.74, 6) is -0.423. The molecule has 5 heteroatoms. The van der Waals surface area contributed by atoms with Crippen LogP contribution in [0.2, 0.25) is 0 Å². The summed E-state index contributed by atoms with van der Waals surface area (Å²) in [5.41, 5.74) is 1.39. The van der Waals surface area contributed by atoms with Crippen molar-refractivity contribution < 1.29 is 18.7 Å². The third-order valence-electron chi connectivity index (χ3n) is 2.55. The standard InChI is InChI=1S/C13H14FNO3/c1-9-6-10(2-3-11(9)14)7-15-13(16)12-8-17-4-5-18-12/h2-3,6,8H,4-5,7H2,1H3,(H,15,16). The van der Waals surface area contributed by atoms with Gasteiger partial charge in [0.25, 0.3) is 5.91 Å². The number of carbonyl (C=O) groups excluding carboxylic acids is 1. The zero-order valence-corrected chi connectivity index (χ0v) is 10.0. The molecule has 0 saturated carbocycles. The average Bonchev–Trinajstić information content (AvgIpc) is 2.41. The molecule has 0 saturated heterocycles. The normalized spacial score (nSPS) is 14.2. The minimum atomic E-state index is -0.336. The maximum atomic E-state index is 13.1. The summed E-state index contributed by atoms with van der Waals surface area (Å²) in [6.45, 7) is 2.82. The number of halogens is 1. The quantitative estimate of drug-likeness (QED) is 0.888. The van der Waals surface area contributed by atoms with E-state index in [-0.39, 0.29) is 17.5 Å². The molecule has 2 rings (SSSR count). The molecule has 0 spiro atoms. The molecule has 1 aliphatic rings. The Balaban J connectivity index is 1.92. The lowest BCUT2D eigenvalue weighted by Crippen LogP contribution is -2.28. The lowest BCUT2D eigenvalue weighted by atomic mass is 10.1. The van der Waals surface area contributed by atoms with Crippen LogP contribution in [0.1, 0.15) is 11.1 Å². The van der Waals surface area contributed by atoms with Gasteiger partial charge >= 0.3 is 0 Å². The molecule has 0 bridgehead atoms. The largest absolute Gasteiger partial charge is 0.494 e. The van der Waals surface area contributed by atoms with E-state index in [0.717, 1.165) is 5.56 Å². The highest BCUT2D eigenvalue weighted by Crippen LogP contribution is 2.10. The van der Waals surface area contributed by atoms with Gasteiger partial charge in [0, 0.05) is 6.54 Å². The van der Waals surface area contributed by atoms with Crippen molar-refractivity contribution in [2.45, 2.75) is 13.5 Å². The van der Waals surface area contributed by atoms with Gasteiger partial charge < -0.3 is 14.8 Å². The van der Waals surface area contributed by atoms with E-state index < -0.39 is 0 Å². The lowest BCUT2D eigenvalue weighted by molar-refractivity contribution is -0.122. The highest BCUT2D eigenvalue weighted by Gasteiger charge is 2.14. The van der Waals surface area contributed by atoms with Crippen LogP contribution < -0.4 is 5.32 Å². The smallest absolute Gasteiger partial charge is 0.289 e. The zero-order chi connectivity index (χ0) is 13.0. The number of rotatable bonds is 3. The summed E-state index contributed by atoms with van der Waals surface area (Å²) >= 11 is 0. The first-order chi connectivity index (χ1) is 8.66. The van der Waals surface area contributed by atoms with Crippen LogP contribution in [-0.4, -0.2) is 19.1 Å². The maximum absolute atomic E-state index is 13.1. The summed E-state index contributed by atoms with van der Waals surface area (Å²) in [6.07, 6.45) is 1.30. The number of ether oxygens (including phenoxy) is 2. The Morgan fingerprint density at radius 1 is 1.44 bits per heavy atom. The second-order valence-corrected chi connectivity index (χ2v) is 3.97. The van der Waals surface area contributed by atoms with Crippen molar-refractivity contribution in [2.75, 3.05) is 13.2 Å². The first kappa shape index (κ1) is 12.4. The molecule has 1 N–H and O–H groups in total. The monoisotopic (exact) mass is 251 g/mol. The van der Waals surface area contributed by atoms with Crippen molar-refractivity contribution in [3.05, 3.63) is 47.2 Å². The minimum Gasteiger partial charge on any atom is -0.494 e. The van der Waals surface area contributed by atoms with Crippen LogP contribution in [0, 0.1) is 12.7 Å². The van der Waals surface area contributed by atoms with E-state index in [4.69, 9.17) is 9.47 Å². The average molecular weight is 251 g/mol. The van der Waals surface area contributed by atoms with Gasteiger partial charge in [-0.1, -0.05) is 12.1 Å². The van der Waals surface area contributed by atoms with Gasteiger partial charge in [0.05, 0.1) is 0 Å². The molecule has 0 fully saturated rings. The molecular formula is C13H14FNO3. The van der Waals surface area contributed by atoms with Gasteiger partial charge in [-0.15, -0.1) is 0 Å². The van der Waals surface area contributed by atoms with Crippen LogP contribution in [-0.2, 0) is 20.8 Å². The van der Waals surface area contributed by atoms with Gasteiger partial charge in [-0.25, -0.2) is 4.39 Å². The van der Waals surface area contributed by atoms with E-state index in [1.54, 1.807) is 19.1 Å². The van der Waals surface area contributed by atoms with Crippen molar-refractivity contribution in [3.63, 3.8) is 0 Å².